The monoisotopic (exact) mass is 498 g/mol. The zero-order valence-electron chi connectivity index (χ0n) is 18.1. The molecular weight excluding hydrogens is 480 g/mol. The van der Waals surface area contributed by atoms with Gasteiger partial charge in [-0.2, -0.15) is 9.78 Å². The highest BCUT2D eigenvalue weighted by atomic mass is 35.5. The normalized spacial score (nSPS) is 11.4. The van der Waals surface area contributed by atoms with Crippen molar-refractivity contribution in [1.29, 1.82) is 0 Å². The lowest BCUT2D eigenvalue weighted by Crippen LogP contribution is -2.21. The number of nitrogens with one attached hydrogen (secondary N) is 1. The van der Waals surface area contributed by atoms with Crippen molar-refractivity contribution >= 4 is 40.8 Å². The van der Waals surface area contributed by atoms with Crippen molar-refractivity contribution in [3.63, 3.8) is 0 Å². The predicted molar refractivity (Wildman–Crippen MR) is 127 cm³/mol. The quantitative estimate of drug-likeness (QED) is 0.212. The first-order valence-electron chi connectivity index (χ1n) is 9.86. The summed E-state index contributed by atoms with van der Waals surface area (Å²) in [5.74, 6) is 0.607. The Labute approximate surface area is 203 Å². The first-order valence-corrected chi connectivity index (χ1v) is 11.2. The van der Waals surface area contributed by atoms with E-state index in [-0.39, 0.29) is 17.3 Å². The maximum Gasteiger partial charge on any atom is 0.293 e. The summed E-state index contributed by atoms with van der Waals surface area (Å²) in [6.45, 7) is 1.77. The Kier molecular flexibility index (Phi) is 7.09. The van der Waals surface area contributed by atoms with Crippen LogP contribution in [0.4, 0.5) is 5.82 Å². The molecule has 0 spiro atoms. The van der Waals surface area contributed by atoms with Gasteiger partial charge in [0, 0.05) is 21.2 Å². The number of hydrogen-bond acceptors (Lipinski definition) is 10. The minimum atomic E-state index is -0.546. The van der Waals surface area contributed by atoms with Crippen LogP contribution < -0.4 is 15.9 Å². The number of nitrogens with two attached hydrogens (primary N) is 1. The molecule has 0 unspecified atom stereocenters. The van der Waals surface area contributed by atoms with E-state index in [0.717, 1.165) is 10.5 Å². The van der Waals surface area contributed by atoms with Crippen molar-refractivity contribution in [2.75, 3.05) is 12.8 Å². The number of nitrogens with zero attached hydrogens (tertiary/aromatic N) is 6. The fourth-order valence-electron chi connectivity index (χ4n) is 2.90. The number of methoxy groups -OCH3 is 1. The van der Waals surface area contributed by atoms with Gasteiger partial charge in [0.25, 0.3) is 5.91 Å². The summed E-state index contributed by atoms with van der Waals surface area (Å²) in [4.78, 5) is 13.9. The van der Waals surface area contributed by atoms with E-state index < -0.39 is 5.91 Å². The number of amides is 1. The van der Waals surface area contributed by atoms with Crippen LogP contribution in [0.1, 0.15) is 28.7 Å². The van der Waals surface area contributed by atoms with Crippen molar-refractivity contribution < 1.29 is 14.2 Å². The smallest absolute Gasteiger partial charge is 0.293 e. The van der Waals surface area contributed by atoms with Crippen molar-refractivity contribution in [3.05, 3.63) is 70.5 Å². The number of nitrogen functional groups attached to an aromatic ring is 1. The fraction of sp³-hybridized carbons (Fsp3) is 0.143. The molecule has 4 rings (SSSR count). The number of hydrazone groups is 1. The molecule has 0 radical (unpaired) electrons. The summed E-state index contributed by atoms with van der Waals surface area (Å²) in [7, 11) is 1.58. The van der Waals surface area contributed by atoms with Gasteiger partial charge < -0.3 is 10.5 Å². The van der Waals surface area contributed by atoms with Gasteiger partial charge in [0.2, 0.25) is 11.6 Å². The molecule has 11 nitrogen and oxygen atoms in total. The van der Waals surface area contributed by atoms with Crippen LogP contribution >= 0.6 is 23.4 Å². The van der Waals surface area contributed by atoms with Crippen LogP contribution in [-0.4, -0.2) is 44.0 Å². The molecular formula is C21H19ClN8O3S. The zero-order chi connectivity index (χ0) is 24.1. The van der Waals surface area contributed by atoms with Crippen LogP contribution in [0.2, 0.25) is 5.02 Å². The Morgan fingerprint density at radius 3 is 2.76 bits per heavy atom. The van der Waals surface area contributed by atoms with Gasteiger partial charge in [-0.05, 0) is 53.6 Å². The largest absolute Gasteiger partial charge is 0.497 e. The molecule has 4 aromatic rings. The number of rotatable bonds is 8. The molecule has 0 atom stereocenters. The van der Waals surface area contributed by atoms with E-state index in [0.29, 0.717) is 27.9 Å². The molecule has 3 N–H and O–H groups in total. The highest BCUT2D eigenvalue weighted by Crippen LogP contribution is 2.27. The summed E-state index contributed by atoms with van der Waals surface area (Å²) >= 11 is 7.42. The van der Waals surface area contributed by atoms with Crippen molar-refractivity contribution in [3.8, 4) is 11.6 Å². The van der Waals surface area contributed by atoms with E-state index in [2.05, 4.69) is 35.8 Å². The van der Waals surface area contributed by atoms with E-state index in [1.165, 1.54) is 16.4 Å². The Balaban J connectivity index is 1.59. The Bertz CT molecular complexity index is 1340. The maximum atomic E-state index is 13.0. The average Bonchev–Trinajstić information content (AvgIpc) is 3.47. The van der Waals surface area contributed by atoms with Gasteiger partial charge >= 0.3 is 0 Å². The number of benzene rings is 2. The summed E-state index contributed by atoms with van der Waals surface area (Å²) in [6, 6.07) is 14.6. The lowest BCUT2D eigenvalue weighted by molar-refractivity contribution is 0.0949. The Morgan fingerprint density at radius 2 is 2.06 bits per heavy atom. The minimum absolute atomic E-state index is 0.0153. The number of carbonyl (C=O) groups is 1. The zero-order valence-corrected chi connectivity index (χ0v) is 19.7. The second-order valence-corrected chi connectivity index (χ2v) is 8.37. The second-order valence-electron chi connectivity index (χ2n) is 6.88. The van der Waals surface area contributed by atoms with Gasteiger partial charge in [0.1, 0.15) is 5.75 Å². The third kappa shape index (κ3) is 5.18. The average molecular weight is 499 g/mol. The third-order valence-electron chi connectivity index (χ3n) is 4.68. The predicted octanol–water partition coefficient (Wildman–Crippen LogP) is 3.34. The van der Waals surface area contributed by atoms with E-state index in [4.69, 9.17) is 22.1 Å². The molecule has 2 aromatic heterocycles. The van der Waals surface area contributed by atoms with Gasteiger partial charge in [-0.3, -0.25) is 4.79 Å². The van der Waals surface area contributed by atoms with Crippen molar-refractivity contribution in [2.45, 2.75) is 17.6 Å². The van der Waals surface area contributed by atoms with Gasteiger partial charge in [-0.25, -0.2) is 10.1 Å². The van der Waals surface area contributed by atoms with E-state index >= 15 is 0 Å². The first-order chi connectivity index (χ1) is 16.5. The van der Waals surface area contributed by atoms with Crippen LogP contribution in [0.3, 0.4) is 0 Å². The SMILES string of the molecule is COc1cccc(/C(C)=N/NC(=O)c2nnn(-c3nonc3N)c2CSc2ccc(Cl)cc2)c1. The number of ether oxygens (including phenoxy) is 1. The number of anilines is 1. The lowest BCUT2D eigenvalue weighted by atomic mass is 10.1. The van der Waals surface area contributed by atoms with Crippen LogP contribution in [0, 0.1) is 0 Å². The summed E-state index contributed by atoms with van der Waals surface area (Å²) in [5, 5.41) is 20.2. The highest BCUT2D eigenvalue weighted by Gasteiger charge is 2.24. The maximum absolute atomic E-state index is 13.0. The molecule has 1 amide bonds. The van der Waals surface area contributed by atoms with Gasteiger partial charge in [-0.1, -0.05) is 28.9 Å². The molecule has 0 saturated heterocycles. The molecule has 174 valence electrons. The highest BCUT2D eigenvalue weighted by molar-refractivity contribution is 7.98. The van der Waals surface area contributed by atoms with Gasteiger partial charge in [0.05, 0.1) is 18.5 Å². The van der Waals surface area contributed by atoms with E-state index in [1.54, 1.807) is 26.2 Å². The molecule has 0 bridgehead atoms. The topological polar surface area (TPSA) is 146 Å². The first kappa shape index (κ1) is 23.3. The molecule has 13 heteroatoms. The third-order valence-corrected chi connectivity index (χ3v) is 5.95. The van der Waals surface area contributed by atoms with Crippen LogP contribution in [0.25, 0.3) is 5.82 Å². The lowest BCUT2D eigenvalue weighted by Gasteiger charge is -2.07. The van der Waals surface area contributed by atoms with Crippen molar-refractivity contribution in [1.82, 2.24) is 30.7 Å². The van der Waals surface area contributed by atoms with Crippen LogP contribution in [-0.2, 0) is 5.75 Å². The summed E-state index contributed by atoms with van der Waals surface area (Å²) in [6.07, 6.45) is 0. The Hall–Kier alpha value is -3.90. The fourth-order valence-corrected chi connectivity index (χ4v) is 3.92. The molecule has 0 aliphatic heterocycles. The standard InChI is InChI=1S/C21H19ClN8O3S/c1-12(13-4-3-5-15(10-13)32-2)24-26-21(31)18-17(11-34-16-8-6-14(22)7-9-16)30(29-25-18)20-19(23)27-33-28-20/h3-10H,11H2,1-2H3,(H2,23,27)(H,26,31)/b24-12+. The van der Waals surface area contributed by atoms with Gasteiger partial charge in [-0.15, -0.1) is 16.9 Å². The molecule has 2 aromatic carbocycles. The molecule has 34 heavy (non-hydrogen) atoms. The number of hydrogen-bond donors (Lipinski definition) is 2. The molecule has 0 fully saturated rings. The number of carbonyl (C=O) groups excluding carboxylic acids is 1. The second kappa shape index (κ2) is 10.4. The molecule has 2 heterocycles. The summed E-state index contributed by atoms with van der Waals surface area (Å²) in [5.41, 5.74) is 10.2. The number of halogens is 1. The van der Waals surface area contributed by atoms with E-state index in [9.17, 15) is 4.79 Å². The summed E-state index contributed by atoms with van der Waals surface area (Å²) < 4.78 is 11.2. The minimum Gasteiger partial charge on any atom is -0.497 e. The molecule has 0 saturated carbocycles. The molecule has 0 aliphatic carbocycles. The van der Waals surface area contributed by atoms with Crippen LogP contribution in [0.5, 0.6) is 5.75 Å². The number of aromatic nitrogens is 5. The molecule has 0 aliphatic rings. The number of thioether (sulfide) groups is 1. The van der Waals surface area contributed by atoms with E-state index in [1.807, 2.05) is 36.4 Å². The Morgan fingerprint density at radius 1 is 1.26 bits per heavy atom. The van der Waals surface area contributed by atoms with Gasteiger partial charge in [0.15, 0.2) is 5.69 Å². The van der Waals surface area contributed by atoms with Crippen LogP contribution in [0.15, 0.2) is 63.2 Å². The van der Waals surface area contributed by atoms with Crippen molar-refractivity contribution in [2.24, 2.45) is 5.10 Å².